The van der Waals surface area contributed by atoms with Gasteiger partial charge in [-0.1, -0.05) is 0 Å². The summed E-state index contributed by atoms with van der Waals surface area (Å²) in [5.41, 5.74) is 0. The lowest BCUT2D eigenvalue weighted by molar-refractivity contribution is -0.138. The van der Waals surface area contributed by atoms with Gasteiger partial charge in [0.2, 0.25) is 5.91 Å². The van der Waals surface area contributed by atoms with Crippen LogP contribution in [0.2, 0.25) is 0 Å². The molecule has 1 N–H and O–H groups in total. The lowest BCUT2D eigenvalue weighted by atomic mass is 10.3. The monoisotopic (exact) mass is 173 g/mol. The molecule has 4 nitrogen and oxygen atoms in total. The first kappa shape index (κ1) is 10.9. The summed E-state index contributed by atoms with van der Waals surface area (Å²) < 4.78 is 0. The minimum atomic E-state index is -0.811. The summed E-state index contributed by atoms with van der Waals surface area (Å²) in [5.74, 6) is -0.808. The minimum absolute atomic E-state index is 0.00267. The van der Waals surface area contributed by atoms with E-state index in [1.807, 2.05) is 6.92 Å². The van der Waals surface area contributed by atoms with Crippen LogP contribution in [-0.4, -0.2) is 35.0 Å². The second kappa shape index (κ2) is 5.57. The molecule has 4 heteroatoms. The molecule has 0 aromatic heterocycles. The molecule has 0 aromatic carbocycles. The summed E-state index contributed by atoms with van der Waals surface area (Å²) in [6.45, 7) is 4.56. The number of carbonyl (C=O) groups excluding carboxylic acids is 1. The van der Waals surface area contributed by atoms with Crippen molar-refractivity contribution in [2.24, 2.45) is 0 Å². The Morgan fingerprint density at radius 2 is 2.00 bits per heavy atom. The third-order valence-electron chi connectivity index (χ3n) is 1.65. The number of hydrogen-bond donors (Lipinski definition) is 1. The van der Waals surface area contributed by atoms with Gasteiger partial charge in [0.1, 0.15) is 0 Å². The Kier molecular flexibility index (Phi) is 5.08. The van der Waals surface area contributed by atoms with Crippen LogP contribution in [0.3, 0.4) is 0 Å². The van der Waals surface area contributed by atoms with Gasteiger partial charge in [-0.3, -0.25) is 9.59 Å². The average Bonchev–Trinajstić information content (AvgIpc) is 1.96. The van der Waals surface area contributed by atoms with Crippen LogP contribution in [0.5, 0.6) is 0 Å². The van der Waals surface area contributed by atoms with E-state index < -0.39 is 5.97 Å². The highest BCUT2D eigenvalue weighted by molar-refractivity contribution is 5.73. The van der Waals surface area contributed by atoms with E-state index in [1.54, 1.807) is 4.90 Å². The van der Waals surface area contributed by atoms with Crippen LogP contribution in [0.1, 0.15) is 26.7 Å². The maximum absolute atomic E-state index is 10.8. The quantitative estimate of drug-likeness (QED) is 0.666. The molecule has 0 radical (unpaired) electrons. The average molecular weight is 173 g/mol. The number of hydrogen-bond acceptors (Lipinski definition) is 2. The van der Waals surface area contributed by atoms with Crippen molar-refractivity contribution in [1.82, 2.24) is 4.90 Å². The molecule has 0 fully saturated rings. The number of amides is 1. The van der Waals surface area contributed by atoms with E-state index in [0.717, 1.165) is 0 Å². The van der Waals surface area contributed by atoms with E-state index in [0.29, 0.717) is 19.5 Å². The molecule has 0 bridgehead atoms. The van der Waals surface area contributed by atoms with Gasteiger partial charge in [0.05, 0.1) is 0 Å². The third kappa shape index (κ3) is 4.71. The molecule has 0 saturated heterocycles. The SMILES string of the molecule is CCN(CCCC(=O)O)C(C)=O. The van der Waals surface area contributed by atoms with E-state index in [-0.39, 0.29) is 12.3 Å². The predicted molar refractivity (Wildman–Crippen MR) is 44.8 cm³/mol. The van der Waals surface area contributed by atoms with Crippen molar-refractivity contribution < 1.29 is 14.7 Å². The number of carboxylic acids is 1. The molecule has 0 aliphatic heterocycles. The summed E-state index contributed by atoms with van der Waals surface area (Å²) in [5, 5.41) is 8.33. The van der Waals surface area contributed by atoms with Crippen molar-refractivity contribution in [3.8, 4) is 0 Å². The molecule has 0 spiro atoms. The fraction of sp³-hybridized carbons (Fsp3) is 0.750. The number of rotatable bonds is 5. The van der Waals surface area contributed by atoms with Gasteiger partial charge in [0.25, 0.3) is 0 Å². The van der Waals surface area contributed by atoms with Gasteiger partial charge >= 0.3 is 5.97 Å². The fourth-order valence-electron chi connectivity index (χ4n) is 0.959. The zero-order chi connectivity index (χ0) is 9.56. The van der Waals surface area contributed by atoms with Gasteiger partial charge in [-0.15, -0.1) is 0 Å². The zero-order valence-corrected chi connectivity index (χ0v) is 7.54. The summed E-state index contributed by atoms with van der Waals surface area (Å²) in [6.07, 6.45) is 0.659. The van der Waals surface area contributed by atoms with Gasteiger partial charge in [-0.2, -0.15) is 0 Å². The van der Waals surface area contributed by atoms with Gasteiger partial charge < -0.3 is 10.0 Å². The second-order valence-electron chi connectivity index (χ2n) is 2.60. The first-order valence-corrected chi connectivity index (χ1v) is 4.05. The second-order valence-corrected chi connectivity index (χ2v) is 2.60. The van der Waals surface area contributed by atoms with E-state index in [2.05, 4.69) is 0 Å². The molecule has 0 aromatic rings. The number of carboxylic acid groups (broad SMARTS) is 1. The van der Waals surface area contributed by atoms with Gasteiger partial charge in [-0.05, 0) is 13.3 Å². The van der Waals surface area contributed by atoms with Crippen LogP contribution in [0.15, 0.2) is 0 Å². The molecule has 0 saturated carbocycles. The Bertz CT molecular complexity index is 168. The largest absolute Gasteiger partial charge is 0.481 e. The normalized spacial score (nSPS) is 9.50. The lowest BCUT2D eigenvalue weighted by Crippen LogP contribution is -2.29. The van der Waals surface area contributed by atoms with Crippen molar-refractivity contribution in [3.63, 3.8) is 0 Å². The van der Waals surface area contributed by atoms with Crippen molar-refractivity contribution in [3.05, 3.63) is 0 Å². The smallest absolute Gasteiger partial charge is 0.303 e. The fourth-order valence-corrected chi connectivity index (χ4v) is 0.959. The molecule has 1 amide bonds. The van der Waals surface area contributed by atoms with Gasteiger partial charge in [0.15, 0.2) is 0 Å². The molecule has 0 aliphatic rings. The third-order valence-corrected chi connectivity index (χ3v) is 1.65. The molecule has 0 unspecified atom stereocenters. The van der Waals surface area contributed by atoms with Crippen LogP contribution in [-0.2, 0) is 9.59 Å². The van der Waals surface area contributed by atoms with Crippen LogP contribution < -0.4 is 0 Å². The van der Waals surface area contributed by atoms with Crippen LogP contribution in [0, 0.1) is 0 Å². The maximum atomic E-state index is 10.8. The molecule has 0 heterocycles. The van der Waals surface area contributed by atoms with Gasteiger partial charge in [0, 0.05) is 26.4 Å². The number of carbonyl (C=O) groups is 2. The molecular weight excluding hydrogens is 158 g/mol. The Labute approximate surface area is 72.2 Å². The van der Waals surface area contributed by atoms with Crippen molar-refractivity contribution in [2.45, 2.75) is 26.7 Å². The minimum Gasteiger partial charge on any atom is -0.481 e. The highest BCUT2D eigenvalue weighted by Gasteiger charge is 2.05. The summed E-state index contributed by atoms with van der Waals surface area (Å²) in [4.78, 5) is 22.6. The molecular formula is C8H15NO3. The molecule has 12 heavy (non-hydrogen) atoms. The van der Waals surface area contributed by atoms with E-state index in [9.17, 15) is 9.59 Å². The molecule has 0 rings (SSSR count). The van der Waals surface area contributed by atoms with Crippen molar-refractivity contribution in [2.75, 3.05) is 13.1 Å². The Morgan fingerprint density at radius 3 is 2.33 bits per heavy atom. The van der Waals surface area contributed by atoms with E-state index in [1.165, 1.54) is 6.92 Å². The zero-order valence-electron chi connectivity index (χ0n) is 7.54. The molecule has 70 valence electrons. The van der Waals surface area contributed by atoms with E-state index in [4.69, 9.17) is 5.11 Å². The summed E-state index contributed by atoms with van der Waals surface area (Å²) in [6, 6.07) is 0. The first-order valence-electron chi connectivity index (χ1n) is 4.05. The first-order chi connectivity index (χ1) is 5.57. The van der Waals surface area contributed by atoms with Crippen molar-refractivity contribution in [1.29, 1.82) is 0 Å². The number of aliphatic carboxylic acids is 1. The lowest BCUT2D eigenvalue weighted by Gasteiger charge is -2.17. The van der Waals surface area contributed by atoms with Gasteiger partial charge in [-0.25, -0.2) is 0 Å². The standard InChI is InChI=1S/C8H15NO3/c1-3-9(7(2)10)6-4-5-8(11)12/h3-6H2,1-2H3,(H,11,12). The Hall–Kier alpha value is -1.06. The summed E-state index contributed by atoms with van der Waals surface area (Å²) >= 11 is 0. The van der Waals surface area contributed by atoms with Crippen LogP contribution in [0.4, 0.5) is 0 Å². The van der Waals surface area contributed by atoms with Crippen molar-refractivity contribution >= 4 is 11.9 Å². The molecule has 0 aliphatic carbocycles. The Morgan fingerprint density at radius 1 is 1.42 bits per heavy atom. The summed E-state index contributed by atoms with van der Waals surface area (Å²) in [7, 11) is 0. The maximum Gasteiger partial charge on any atom is 0.303 e. The highest BCUT2D eigenvalue weighted by Crippen LogP contribution is 1.95. The highest BCUT2D eigenvalue weighted by atomic mass is 16.4. The van der Waals surface area contributed by atoms with Crippen LogP contribution >= 0.6 is 0 Å². The topological polar surface area (TPSA) is 57.6 Å². The Balaban J connectivity index is 3.59. The number of nitrogens with zero attached hydrogens (tertiary/aromatic N) is 1. The molecule has 0 atom stereocenters. The van der Waals surface area contributed by atoms with E-state index >= 15 is 0 Å². The predicted octanol–water partition coefficient (Wildman–Crippen LogP) is 0.720. The van der Waals surface area contributed by atoms with Crippen LogP contribution in [0.25, 0.3) is 0 Å².